The average Bonchev–Trinajstić information content (AvgIpc) is 3.44. The molecular formula is C20H16N2O3. The number of rotatable bonds is 4. The maximum Gasteiger partial charge on any atom is 0.269 e. The van der Waals surface area contributed by atoms with Crippen molar-refractivity contribution in [2.75, 3.05) is 5.32 Å². The summed E-state index contributed by atoms with van der Waals surface area (Å²) >= 11 is 0. The lowest BCUT2D eigenvalue weighted by Crippen LogP contribution is -2.27. The van der Waals surface area contributed by atoms with Gasteiger partial charge in [-0.2, -0.15) is 0 Å². The Labute approximate surface area is 144 Å². The molecule has 0 unspecified atom stereocenters. The number of hydrogen-bond donors (Lipinski definition) is 1. The Kier molecular flexibility index (Phi) is 3.50. The van der Waals surface area contributed by atoms with Crippen LogP contribution in [-0.4, -0.2) is 10.8 Å². The zero-order chi connectivity index (χ0) is 17.4. The van der Waals surface area contributed by atoms with Gasteiger partial charge in [0.2, 0.25) is 5.91 Å². The molecule has 5 nitrogen and oxygen atoms in total. The van der Waals surface area contributed by atoms with Crippen molar-refractivity contribution in [3.63, 3.8) is 0 Å². The Balaban J connectivity index is 1.63. The van der Waals surface area contributed by atoms with E-state index >= 15 is 0 Å². The molecule has 0 bridgehead atoms. The van der Waals surface area contributed by atoms with Gasteiger partial charge in [0, 0.05) is 23.2 Å². The van der Waals surface area contributed by atoms with E-state index in [1.807, 2.05) is 42.5 Å². The predicted molar refractivity (Wildman–Crippen MR) is 96.6 cm³/mol. The van der Waals surface area contributed by atoms with E-state index in [0.29, 0.717) is 0 Å². The summed E-state index contributed by atoms with van der Waals surface area (Å²) in [5.74, 6) is -0.0577. The molecule has 1 aliphatic carbocycles. The van der Waals surface area contributed by atoms with Crippen LogP contribution in [0, 0.1) is 10.1 Å². The molecule has 0 radical (unpaired) electrons. The van der Waals surface area contributed by atoms with Gasteiger partial charge in [0.25, 0.3) is 5.69 Å². The van der Waals surface area contributed by atoms with Crippen LogP contribution in [0.4, 0.5) is 11.4 Å². The van der Waals surface area contributed by atoms with Gasteiger partial charge >= 0.3 is 0 Å². The number of fused-ring (bicyclic) bond motifs is 1. The number of nitrogens with one attached hydrogen (secondary N) is 1. The quantitative estimate of drug-likeness (QED) is 0.568. The minimum Gasteiger partial charge on any atom is -0.325 e. The molecule has 1 N–H and O–H groups in total. The second-order valence-electron chi connectivity index (χ2n) is 6.37. The minimum absolute atomic E-state index is 0.0361. The number of benzene rings is 3. The van der Waals surface area contributed by atoms with Gasteiger partial charge in [-0.1, -0.05) is 48.5 Å². The fourth-order valence-corrected chi connectivity index (χ4v) is 3.25. The topological polar surface area (TPSA) is 72.2 Å². The normalized spacial score (nSPS) is 14.9. The fourth-order valence-electron chi connectivity index (χ4n) is 3.25. The van der Waals surface area contributed by atoms with Gasteiger partial charge in [-0.15, -0.1) is 0 Å². The number of carbonyl (C=O) groups excluding carboxylic acids is 1. The van der Waals surface area contributed by atoms with Gasteiger partial charge in [-0.3, -0.25) is 14.9 Å². The lowest BCUT2D eigenvalue weighted by Gasteiger charge is -2.17. The first kappa shape index (κ1) is 15.3. The molecule has 1 aliphatic rings. The van der Waals surface area contributed by atoms with Crippen molar-refractivity contribution in [3.8, 4) is 0 Å². The zero-order valence-corrected chi connectivity index (χ0v) is 13.4. The van der Waals surface area contributed by atoms with Crippen LogP contribution in [0.5, 0.6) is 0 Å². The predicted octanol–water partition coefficient (Wildman–Crippen LogP) is 4.42. The van der Waals surface area contributed by atoms with E-state index in [4.69, 9.17) is 0 Å². The van der Waals surface area contributed by atoms with Gasteiger partial charge in [0.05, 0.1) is 10.3 Å². The Bertz CT molecular complexity index is 970. The highest BCUT2D eigenvalue weighted by molar-refractivity contribution is 6.07. The molecule has 1 fully saturated rings. The van der Waals surface area contributed by atoms with Crippen LogP contribution in [0.15, 0.2) is 66.7 Å². The van der Waals surface area contributed by atoms with Crippen LogP contribution in [0.2, 0.25) is 0 Å². The largest absolute Gasteiger partial charge is 0.325 e. The molecule has 5 heteroatoms. The van der Waals surface area contributed by atoms with Crippen molar-refractivity contribution in [1.82, 2.24) is 0 Å². The summed E-state index contributed by atoms with van der Waals surface area (Å²) < 4.78 is 0. The Hall–Kier alpha value is -3.21. The third-order valence-corrected chi connectivity index (χ3v) is 4.85. The van der Waals surface area contributed by atoms with Gasteiger partial charge < -0.3 is 5.32 Å². The van der Waals surface area contributed by atoms with E-state index in [1.165, 1.54) is 12.1 Å². The van der Waals surface area contributed by atoms with E-state index in [1.54, 1.807) is 12.1 Å². The fraction of sp³-hybridized carbons (Fsp3) is 0.150. The van der Waals surface area contributed by atoms with Gasteiger partial charge in [-0.05, 0) is 29.9 Å². The molecule has 3 aromatic rings. The number of amides is 1. The highest BCUT2D eigenvalue weighted by Gasteiger charge is 2.51. The van der Waals surface area contributed by atoms with Crippen LogP contribution in [-0.2, 0) is 10.2 Å². The molecule has 0 aliphatic heterocycles. The van der Waals surface area contributed by atoms with Crippen LogP contribution in [0.1, 0.15) is 18.4 Å². The number of nitro benzene ring substituents is 1. The summed E-state index contributed by atoms with van der Waals surface area (Å²) in [6.45, 7) is 0. The van der Waals surface area contributed by atoms with Crippen LogP contribution >= 0.6 is 0 Å². The van der Waals surface area contributed by atoms with Crippen molar-refractivity contribution in [2.24, 2.45) is 0 Å². The summed E-state index contributed by atoms with van der Waals surface area (Å²) in [6, 6.07) is 20.0. The summed E-state index contributed by atoms with van der Waals surface area (Å²) in [7, 11) is 0. The summed E-state index contributed by atoms with van der Waals surface area (Å²) in [6.07, 6.45) is 1.50. The van der Waals surface area contributed by atoms with Crippen molar-refractivity contribution in [2.45, 2.75) is 18.3 Å². The van der Waals surface area contributed by atoms with Crippen molar-refractivity contribution in [3.05, 3.63) is 82.4 Å². The average molecular weight is 332 g/mol. The van der Waals surface area contributed by atoms with E-state index in [9.17, 15) is 14.9 Å². The molecule has 4 rings (SSSR count). The van der Waals surface area contributed by atoms with Gasteiger partial charge in [-0.25, -0.2) is 0 Å². The van der Waals surface area contributed by atoms with E-state index in [2.05, 4.69) is 5.32 Å². The molecule has 0 heterocycles. The zero-order valence-electron chi connectivity index (χ0n) is 13.4. The second kappa shape index (κ2) is 5.70. The number of hydrogen-bond acceptors (Lipinski definition) is 3. The highest BCUT2D eigenvalue weighted by Crippen LogP contribution is 2.49. The maximum atomic E-state index is 12.9. The molecule has 124 valence electrons. The molecule has 1 amide bonds. The van der Waals surface area contributed by atoms with Gasteiger partial charge in [0.1, 0.15) is 0 Å². The molecule has 1 saturated carbocycles. The molecule has 25 heavy (non-hydrogen) atoms. The molecule has 0 aromatic heterocycles. The standard InChI is InChI=1S/C20H16N2O3/c23-19(21-18-7-3-5-14-4-1-2-6-17(14)18)20(12-13-20)15-8-10-16(11-9-15)22(24)25/h1-11H,12-13H2,(H,21,23). The molecular weight excluding hydrogens is 316 g/mol. The van der Waals surface area contributed by atoms with Crippen molar-refractivity contribution < 1.29 is 9.72 Å². The number of carbonyl (C=O) groups is 1. The van der Waals surface area contributed by atoms with Crippen LogP contribution < -0.4 is 5.32 Å². The molecule has 0 spiro atoms. The first-order valence-electron chi connectivity index (χ1n) is 8.14. The number of anilines is 1. The van der Waals surface area contributed by atoms with E-state index in [-0.39, 0.29) is 11.6 Å². The Morgan fingerprint density at radius 2 is 1.64 bits per heavy atom. The Morgan fingerprint density at radius 3 is 2.32 bits per heavy atom. The van der Waals surface area contributed by atoms with E-state index in [0.717, 1.165) is 34.9 Å². The third kappa shape index (κ3) is 2.63. The lowest BCUT2D eigenvalue weighted by atomic mass is 9.94. The first-order valence-corrected chi connectivity index (χ1v) is 8.14. The lowest BCUT2D eigenvalue weighted by molar-refractivity contribution is -0.384. The number of nitro groups is 1. The SMILES string of the molecule is O=C(Nc1cccc2ccccc12)C1(c2ccc([N+](=O)[O-])cc2)CC1. The van der Waals surface area contributed by atoms with Crippen molar-refractivity contribution >= 4 is 28.1 Å². The number of nitrogens with zero attached hydrogens (tertiary/aromatic N) is 1. The van der Waals surface area contributed by atoms with Crippen molar-refractivity contribution in [1.29, 1.82) is 0 Å². The third-order valence-electron chi connectivity index (χ3n) is 4.85. The number of non-ortho nitro benzene ring substituents is 1. The molecule has 3 aromatic carbocycles. The van der Waals surface area contributed by atoms with E-state index < -0.39 is 10.3 Å². The summed E-state index contributed by atoms with van der Waals surface area (Å²) in [4.78, 5) is 23.3. The van der Waals surface area contributed by atoms with Crippen LogP contribution in [0.3, 0.4) is 0 Å². The monoisotopic (exact) mass is 332 g/mol. The van der Waals surface area contributed by atoms with Crippen LogP contribution in [0.25, 0.3) is 10.8 Å². The second-order valence-corrected chi connectivity index (χ2v) is 6.37. The Morgan fingerprint density at radius 1 is 0.960 bits per heavy atom. The minimum atomic E-state index is -0.577. The molecule has 0 atom stereocenters. The first-order chi connectivity index (χ1) is 12.1. The smallest absolute Gasteiger partial charge is 0.269 e. The molecule has 0 saturated heterocycles. The maximum absolute atomic E-state index is 12.9. The van der Waals surface area contributed by atoms with Gasteiger partial charge in [0.15, 0.2) is 0 Å². The highest BCUT2D eigenvalue weighted by atomic mass is 16.6. The summed E-state index contributed by atoms with van der Waals surface area (Å²) in [5.41, 5.74) is 1.08. The summed E-state index contributed by atoms with van der Waals surface area (Å²) in [5, 5.41) is 15.9.